The molecule has 0 unspecified atom stereocenters. The molecule has 0 aromatic heterocycles. The number of ketones is 1. The van der Waals surface area contributed by atoms with Gasteiger partial charge in [0.2, 0.25) is 5.91 Å². The van der Waals surface area contributed by atoms with Gasteiger partial charge in [-0.25, -0.2) is 0 Å². The van der Waals surface area contributed by atoms with Gasteiger partial charge in [-0.05, 0) is 31.9 Å². The number of carbonyl (C=O) groups is 2. The summed E-state index contributed by atoms with van der Waals surface area (Å²) in [5.74, 6) is 0.0830. The van der Waals surface area contributed by atoms with Crippen LogP contribution in [0.3, 0.4) is 0 Å². The number of nitrogens with two attached hydrogens (primary N) is 1. The monoisotopic (exact) mass is 310 g/mol. The van der Waals surface area contributed by atoms with Crippen LogP contribution in [0, 0.1) is 13.8 Å². The molecule has 0 radical (unpaired) electrons. The van der Waals surface area contributed by atoms with Gasteiger partial charge in [0.15, 0.2) is 5.78 Å². The van der Waals surface area contributed by atoms with Crippen molar-refractivity contribution in [2.75, 3.05) is 13.1 Å². The van der Waals surface area contributed by atoms with Crippen molar-refractivity contribution in [1.29, 1.82) is 0 Å². The number of hydrogen-bond donors (Lipinski definition) is 1. The minimum absolute atomic E-state index is 0. The van der Waals surface area contributed by atoms with Crippen LogP contribution in [0.25, 0.3) is 0 Å². The first kappa shape index (κ1) is 17.7. The first-order chi connectivity index (χ1) is 9.47. The number of likely N-dealkylation sites (tertiary alicyclic amines) is 1. The van der Waals surface area contributed by atoms with Gasteiger partial charge in [0, 0.05) is 37.5 Å². The second-order valence-corrected chi connectivity index (χ2v) is 5.63. The number of halogens is 1. The fraction of sp³-hybridized carbons (Fsp3) is 0.500. The molecule has 1 saturated heterocycles. The molecule has 2 rings (SSSR count). The van der Waals surface area contributed by atoms with Crippen LogP contribution in [-0.4, -0.2) is 35.7 Å². The Balaban J connectivity index is 0.00000220. The van der Waals surface area contributed by atoms with Crippen LogP contribution in [-0.2, 0) is 4.79 Å². The van der Waals surface area contributed by atoms with E-state index in [0.717, 1.165) is 29.7 Å². The molecule has 4 nitrogen and oxygen atoms in total. The Morgan fingerprint density at radius 2 is 2.00 bits per heavy atom. The summed E-state index contributed by atoms with van der Waals surface area (Å²) in [5.41, 5.74) is 8.55. The predicted octanol–water partition coefficient (Wildman–Crippen LogP) is 2.25. The van der Waals surface area contributed by atoms with Gasteiger partial charge in [0.1, 0.15) is 0 Å². The average Bonchev–Trinajstić information content (AvgIpc) is 2.85. The van der Waals surface area contributed by atoms with Crippen molar-refractivity contribution in [3.05, 3.63) is 34.9 Å². The van der Waals surface area contributed by atoms with Crippen molar-refractivity contribution < 1.29 is 9.59 Å². The Kier molecular flexibility index (Phi) is 6.37. The van der Waals surface area contributed by atoms with E-state index in [-0.39, 0.29) is 43.0 Å². The molecule has 2 N–H and O–H groups in total. The van der Waals surface area contributed by atoms with Crippen molar-refractivity contribution in [2.24, 2.45) is 5.73 Å². The van der Waals surface area contributed by atoms with Crippen molar-refractivity contribution in [2.45, 2.75) is 39.2 Å². The van der Waals surface area contributed by atoms with E-state index < -0.39 is 0 Å². The third kappa shape index (κ3) is 4.55. The summed E-state index contributed by atoms with van der Waals surface area (Å²) in [6.45, 7) is 5.23. The molecule has 116 valence electrons. The highest BCUT2D eigenvalue weighted by Gasteiger charge is 2.23. The van der Waals surface area contributed by atoms with Gasteiger partial charge in [0.05, 0.1) is 0 Å². The van der Waals surface area contributed by atoms with Crippen molar-refractivity contribution in [1.82, 2.24) is 4.90 Å². The third-order valence-electron chi connectivity index (χ3n) is 3.84. The third-order valence-corrected chi connectivity index (χ3v) is 3.84. The normalized spacial score (nSPS) is 17.5. The molecule has 1 fully saturated rings. The Morgan fingerprint density at radius 3 is 2.62 bits per heavy atom. The van der Waals surface area contributed by atoms with Gasteiger partial charge in [-0.3, -0.25) is 9.59 Å². The van der Waals surface area contributed by atoms with Gasteiger partial charge >= 0.3 is 0 Å². The number of Topliss-reactive ketones (excluding diaryl/α,β-unsaturated/α-hetero) is 1. The largest absolute Gasteiger partial charge is 0.341 e. The number of carbonyl (C=O) groups excluding carboxylic acids is 2. The number of amides is 1. The van der Waals surface area contributed by atoms with E-state index in [0.29, 0.717) is 6.54 Å². The second-order valence-electron chi connectivity index (χ2n) is 5.63. The maximum Gasteiger partial charge on any atom is 0.223 e. The Hall–Kier alpha value is -1.39. The molecule has 1 aromatic rings. The zero-order chi connectivity index (χ0) is 14.7. The molecule has 1 amide bonds. The molecule has 1 aromatic carbocycles. The zero-order valence-electron chi connectivity index (χ0n) is 12.6. The standard InChI is InChI=1S/C16H22N2O2.ClH/c1-11-3-4-12(2)14(9-11)15(19)5-6-16(20)18-8-7-13(17)10-18;/h3-4,9,13H,5-8,10,17H2,1-2H3;1H/t13-;/m1./s1. The van der Waals surface area contributed by atoms with Crippen LogP contribution in [0.5, 0.6) is 0 Å². The molecule has 1 heterocycles. The van der Waals surface area contributed by atoms with E-state index in [1.165, 1.54) is 0 Å². The predicted molar refractivity (Wildman–Crippen MR) is 85.9 cm³/mol. The lowest BCUT2D eigenvalue weighted by Gasteiger charge is -2.15. The van der Waals surface area contributed by atoms with Gasteiger partial charge < -0.3 is 10.6 Å². The quantitative estimate of drug-likeness (QED) is 0.868. The van der Waals surface area contributed by atoms with Gasteiger partial charge in [-0.2, -0.15) is 0 Å². The van der Waals surface area contributed by atoms with E-state index >= 15 is 0 Å². The molecule has 0 aliphatic carbocycles. The highest BCUT2D eigenvalue weighted by atomic mass is 35.5. The number of aryl methyl sites for hydroxylation is 2. The van der Waals surface area contributed by atoms with Gasteiger partial charge in [-0.1, -0.05) is 17.7 Å². The lowest BCUT2D eigenvalue weighted by Crippen LogP contribution is -2.32. The van der Waals surface area contributed by atoms with Crippen molar-refractivity contribution >= 4 is 24.1 Å². The summed E-state index contributed by atoms with van der Waals surface area (Å²) < 4.78 is 0. The molecule has 0 spiro atoms. The molecule has 1 aliphatic heterocycles. The molecule has 0 bridgehead atoms. The first-order valence-corrected chi connectivity index (χ1v) is 7.11. The van der Waals surface area contributed by atoms with Crippen LogP contribution < -0.4 is 5.73 Å². The highest BCUT2D eigenvalue weighted by Crippen LogP contribution is 2.15. The van der Waals surface area contributed by atoms with Gasteiger partial charge in [0.25, 0.3) is 0 Å². The smallest absolute Gasteiger partial charge is 0.223 e. The van der Waals surface area contributed by atoms with E-state index in [1.54, 1.807) is 4.90 Å². The summed E-state index contributed by atoms with van der Waals surface area (Å²) in [7, 11) is 0. The zero-order valence-corrected chi connectivity index (χ0v) is 13.4. The lowest BCUT2D eigenvalue weighted by molar-refractivity contribution is -0.130. The molecular weight excluding hydrogens is 288 g/mol. The summed E-state index contributed by atoms with van der Waals surface area (Å²) in [6, 6.07) is 5.93. The lowest BCUT2D eigenvalue weighted by atomic mass is 9.99. The molecule has 5 heteroatoms. The van der Waals surface area contributed by atoms with E-state index in [9.17, 15) is 9.59 Å². The Bertz CT molecular complexity index is 531. The van der Waals surface area contributed by atoms with Crippen molar-refractivity contribution in [3.63, 3.8) is 0 Å². The fourth-order valence-corrected chi connectivity index (χ4v) is 2.56. The maximum absolute atomic E-state index is 12.2. The summed E-state index contributed by atoms with van der Waals surface area (Å²) in [6.07, 6.45) is 1.41. The SMILES string of the molecule is Cc1ccc(C)c(C(=O)CCC(=O)N2CC[C@@H](N)C2)c1.Cl. The number of benzene rings is 1. The minimum atomic E-state index is 0. The van der Waals surface area contributed by atoms with Crippen LogP contribution in [0.1, 0.15) is 40.7 Å². The Morgan fingerprint density at radius 1 is 1.29 bits per heavy atom. The summed E-state index contributed by atoms with van der Waals surface area (Å²) >= 11 is 0. The highest BCUT2D eigenvalue weighted by molar-refractivity contribution is 5.99. The van der Waals surface area contributed by atoms with Crippen LogP contribution in [0.15, 0.2) is 18.2 Å². The van der Waals surface area contributed by atoms with Crippen LogP contribution in [0.4, 0.5) is 0 Å². The topological polar surface area (TPSA) is 63.4 Å². The molecule has 1 atom stereocenters. The van der Waals surface area contributed by atoms with E-state index in [4.69, 9.17) is 5.73 Å². The fourth-order valence-electron chi connectivity index (χ4n) is 2.56. The van der Waals surface area contributed by atoms with Gasteiger partial charge in [-0.15, -0.1) is 12.4 Å². The van der Waals surface area contributed by atoms with E-state index in [1.807, 2.05) is 32.0 Å². The average molecular weight is 311 g/mol. The minimum Gasteiger partial charge on any atom is -0.341 e. The van der Waals surface area contributed by atoms with E-state index in [2.05, 4.69) is 0 Å². The number of hydrogen-bond acceptors (Lipinski definition) is 3. The van der Waals surface area contributed by atoms with Crippen LogP contribution >= 0.6 is 12.4 Å². The Labute approximate surface area is 132 Å². The number of nitrogens with zero attached hydrogens (tertiary/aromatic N) is 1. The van der Waals surface area contributed by atoms with Crippen LogP contribution in [0.2, 0.25) is 0 Å². The number of rotatable bonds is 4. The first-order valence-electron chi connectivity index (χ1n) is 7.11. The van der Waals surface area contributed by atoms with Crippen molar-refractivity contribution in [3.8, 4) is 0 Å². The molecule has 0 saturated carbocycles. The molecular formula is C16H23ClN2O2. The maximum atomic E-state index is 12.2. The summed E-state index contributed by atoms with van der Waals surface area (Å²) in [4.78, 5) is 26.0. The summed E-state index contributed by atoms with van der Waals surface area (Å²) in [5, 5.41) is 0. The molecule has 1 aliphatic rings. The molecule has 21 heavy (non-hydrogen) atoms. The second kappa shape index (κ2) is 7.57.